The maximum absolute atomic E-state index is 4.36. The Hall–Kier alpha value is -1.81. The quantitative estimate of drug-likeness (QED) is 0.653. The Morgan fingerprint density at radius 1 is 1.05 bits per heavy atom. The summed E-state index contributed by atoms with van der Waals surface area (Å²) in [5, 5.41) is 4.36. The highest BCUT2D eigenvalue weighted by Gasteiger charge is 2.15. The van der Waals surface area contributed by atoms with E-state index >= 15 is 0 Å². The molecule has 108 valence electrons. The summed E-state index contributed by atoms with van der Waals surface area (Å²) in [4.78, 5) is 2.43. The van der Waals surface area contributed by atoms with Crippen LogP contribution in [0.2, 0.25) is 0 Å². The fourth-order valence-electron chi connectivity index (χ4n) is 2.55. The van der Waals surface area contributed by atoms with Gasteiger partial charge in [-0.15, -0.1) is 0 Å². The number of halogens is 1. The number of rotatable bonds is 4. The first-order chi connectivity index (χ1) is 10.3. The van der Waals surface area contributed by atoms with E-state index in [1.807, 2.05) is 36.5 Å². The Morgan fingerprint density at radius 3 is 2.57 bits per heavy atom. The van der Waals surface area contributed by atoms with Crippen LogP contribution in [0.3, 0.4) is 0 Å². The molecule has 3 rings (SSSR count). The van der Waals surface area contributed by atoms with Crippen molar-refractivity contribution in [1.29, 1.82) is 0 Å². The predicted molar refractivity (Wildman–Crippen MR) is 93.2 cm³/mol. The average Bonchev–Trinajstić information content (AvgIpc) is 3.04. The third-order valence-corrected chi connectivity index (χ3v) is 4.10. The first-order valence-corrected chi connectivity index (χ1v) is 8.01. The van der Waals surface area contributed by atoms with Crippen molar-refractivity contribution in [3.63, 3.8) is 0 Å². The molecule has 1 N–H and O–H groups in total. The van der Waals surface area contributed by atoms with Gasteiger partial charge in [-0.3, -0.25) is 5.43 Å². The van der Waals surface area contributed by atoms with Gasteiger partial charge >= 0.3 is 0 Å². The van der Waals surface area contributed by atoms with Crippen LogP contribution in [-0.2, 0) is 0 Å². The summed E-state index contributed by atoms with van der Waals surface area (Å²) in [6, 6.07) is 16.3. The van der Waals surface area contributed by atoms with Gasteiger partial charge in [-0.25, -0.2) is 0 Å². The van der Waals surface area contributed by atoms with Crippen molar-refractivity contribution < 1.29 is 0 Å². The van der Waals surface area contributed by atoms with Gasteiger partial charge in [0.1, 0.15) is 0 Å². The first kappa shape index (κ1) is 14.1. The largest absolute Gasteiger partial charge is 0.371 e. The molecule has 0 spiro atoms. The normalized spacial score (nSPS) is 14.8. The molecule has 1 heterocycles. The van der Waals surface area contributed by atoms with E-state index in [1.54, 1.807) is 0 Å². The summed E-state index contributed by atoms with van der Waals surface area (Å²) >= 11 is 3.56. The van der Waals surface area contributed by atoms with Crippen LogP contribution in [0.5, 0.6) is 0 Å². The number of para-hydroxylation sites is 1. The van der Waals surface area contributed by atoms with Gasteiger partial charge in [-0.1, -0.05) is 40.2 Å². The molecule has 0 saturated carbocycles. The Labute approximate surface area is 133 Å². The third-order valence-electron chi connectivity index (χ3n) is 3.61. The van der Waals surface area contributed by atoms with Crippen molar-refractivity contribution in [2.75, 3.05) is 23.4 Å². The summed E-state index contributed by atoms with van der Waals surface area (Å²) in [5.41, 5.74) is 6.45. The number of hydrazone groups is 1. The number of nitrogens with one attached hydrogen (secondary N) is 1. The molecule has 0 unspecified atom stereocenters. The summed E-state index contributed by atoms with van der Waals surface area (Å²) in [5.74, 6) is 0. The van der Waals surface area contributed by atoms with E-state index in [0.29, 0.717) is 0 Å². The SMILES string of the molecule is Brc1ccc(C=NNc2ccccc2)c(N2CCCC2)c1. The second-order valence-electron chi connectivity index (χ2n) is 5.13. The molecule has 2 aromatic rings. The Morgan fingerprint density at radius 2 is 1.81 bits per heavy atom. The van der Waals surface area contributed by atoms with E-state index in [0.717, 1.165) is 28.8 Å². The summed E-state index contributed by atoms with van der Waals surface area (Å²) in [6.45, 7) is 2.26. The van der Waals surface area contributed by atoms with Gasteiger partial charge < -0.3 is 4.90 Å². The van der Waals surface area contributed by atoms with Crippen LogP contribution in [0, 0.1) is 0 Å². The molecule has 1 aliphatic heterocycles. The van der Waals surface area contributed by atoms with Gasteiger partial charge in [0.25, 0.3) is 0 Å². The molecule has 1 fully saturated rings. The van der Waals surface area contributed by atoms with Crippen LogP contribution in [-0.4, -0.2) is 19.3 Å². The van der Waals surface area contributed by atoms with Crippen LogP contribution in [0.1, 0.15) is 18.4 Å². The summed E-state index contributed by atoms with van der Waals surface area (Å²) in [6.07, 6.45) is 4.43. The van der Waals surface area contributed by atoms with Crippen molar-refractivity contribution in [2.45, 2.75) is 12.8 Å². The van der Waals surface area contributed by atoms with Gasteiger partial charge in [0.05, 0.1) is 11.9 Å². The first-order valence-electron chi connectivity index (χ1n) is 7.21. The van der Waals surface area contributed by atoms with Gasteiger partial charge in [0.15, 0.2) is 0 Å². The average molecular weight is 344 g/mol. The maximum atomic E-state index is 4.36. The van der Waals surface area contributed by atoms with Crippen molar-refractivity contribution >= 4 is 33.5 Å². The topological polar surface area (TPSA) is 27.6 Å². The van der Waals surface area contributed by atoms with Crippen LogP contribution >= 0.6 is 15.9 Å². The lowest BCUT2D eigenvalue weighted by Crippen LogP contribution is -2.19. The fraction of sp³-hybridized carbons (Fsp3) is 0.235. The lowest BCUT2D eigenvalue weighted by atomic mass is 10.2. The van der Waals surface area contributed by atoms with Gasteiger partial charge in [0, 0.05) is 28.8 Å². The summed E-state index contributed by atoms with van der Waals surface area (Å²) < 4.78 is 1.11. The van der Waals surface area contributed by atoms with Crippen molar-refractivity contribution in [1.82, 2.24) is 0 Å². The number of nitrogens with zero attached hydrogens (tertiary/aromatic N) is 2. The minimum Gasteiger partial charge on any atom is -0.371 e. The highest BCUT2D eigenvalue weighted by Crippen LogP contribution is 2.27. The molecular formula is C17H18BrN3. The molecule has 4 heteroatoms. The molecule has 0 atom stereocenters. The van der Waals surface area contributed by atoms with E-state index in [2.05, 4.69) is 49.6 Å². The van der Waals surface area contributed by atoms with E-state index in [4.69, 9.17) is 0 Å². The molecule has 0 bridgehead atoms. The Kier molecular flexibility index (Phi) is 4.55. The minimum atomic E-state index is 0.994. The zero-order valence-corrected chi connectivity index (χ0v) is 13.4. The van der Waals surface area contributed by atoms with E-state index < -0.39 is 0 Å². The van der Waals surface area contributed by atoms with Crippen LogP contribution in [0.25, 0.3) is 0 Å². The lowest BCUT2D eigenvalue weighted by molar-refractivity contribution is 0.949. The summed E-state index contributed by atoms with van der Waals surface area (Å²) in [7, 11) is 0. The standard InChI is InChI=1S/C17H18BrN3/c18-15-9-8-14(17(12-15)21-10-4-5-11-21)13-19-20-16-6-2-1-3-7-16/h1-3,6-9,12-13,20H,4-5,10-11H2. The Bertz CT molecular complexity index is 619. The molecule has 3 nitrogen and oxygen atoms in total. The third kappa shape index (κ3) is 3.64. The molecule has 0 aliphatic carbocycles. The van der Waals surface area contributed by atoms with Crippen LogP contribution in [0.4, 0.5) is 11.4 Å². The number of anilines is 2. The van der Waals surface area contributed by atoms with Crippen molar-refractivity contribution in [3.05, 3.63) is 58.6 Å². The van der Waals surface area contributed by atoms with E-state index in [-0.39, 0.29) is 0 Å². The van der Waals surface area contributed by atoms with Gasteiger partial charge in [-0.2, -0.15) is 5.10 Å². The zero-order chi connectivity index (χ0) is 14.5. The van der Waals surface area contributed by atoms with Crippen molar-refractivity contribution in [2.24, 2.45) is 5.10 Å². The molecule has 0 amide bonds. The molecule has 2 aromatic carbocycles. The smallest absolute Gasteiger partial charge is 0.0565 e. The maximum Gasteiger partial charge on any atom is 0.0565 e. The van der Waals surface area contributed by atoms with E-state index in [1.165, 1.54) is 18.5 Å². The monoisotopic (exact) mass is 343 g/mol. The number of hydrogen-bond acceptors (Lipinski definition) is 3. The molecule has 0 radical (unpaired) electrons. The lowest BCUT2D eigenvalue weighted by Gasteiger charge is -2.20. The van der Waals surface area contributed by atoms with Crippen LogP contribution < -0.4 is 10.3 Å². The van der Waals surface area contributed by atoms with E-state index in [9.17, 15) is 0 Å². The highest BCUT2D eigenvalue weighted by molar-refractivity contribution is 9.10. The Balaban J connectivity index is 1.78. The van der Waals surface area contributed by atoms with Crippen LogP contribution in [0.15, 0.2) is 58.1 Å². The van der Waals surface area contributed by atoms with Crippen molar-refractivity contribution in [3.8, 4) is 0 Å². The second-order valence-corrected chi connectivity index (χ2v) is 6.05. The second kappa shape index (κ2) is 6.76. The van der Waals surface area contributed by atoms with Gasteiger partial charge in [0.2, 0.25) is 0 Å². The molecular weight excluding hydrogens is 326 g/mol. The zero-order valence-electron chi connectivity index (χ0n) is 11.8. The molecule has 0 aromatic heterocycles. The molecule has 1 saturated heterocycles. The molecule has 1 aliphatic rings. The number of hydrogen-bond donors (Lipinski definition) is 1. The highest BCUT2D eigenvalue weighted by atomic mass is 79.9. The predicted octanol–water partition coefficient (Wildman–Crippen LogP) is 4.50. The molecule has 21 heavy (non-hydrogen) atoms. The minimum absolute atomic E-state index is 0.994. The van der Waals surface area contributed by atoms with Gasteiger partial charge in [-0.05, 0) is 37.1 Å². The number of benzene rings is 2. The fourth-order valence-corrected chi connectivity index (χ4v) is 2.90.